The van der Waals surface area contributed by atoms with Gasteiger partial charge < -0.3 is 14.6 Å². The first-order chi connectivity index (χ1) is 4.14. The second kappa shape index (κ2) is 4.04. The molecule has 1 rings (SSSR count). The van der Waals surface area contributed by atoms with Gasteiger partial charge in [0.15, 0.2) is 5.79 Å². The summed E-state index contributed by atoms with van der Waals surface area (Å²) in [6.45, 7) is 3.85. The molecule has 4 heteroatoms. The molecule has 1 aliphatic heterocycles. The number of hydrogen-bond acceptors (Lipinski definition) is 3. The van der Waals surface area contributed by atoms with Gasteiger partial charge in [0.05, 0.1) is 12.7 Å². The third-order valence-corrected chi connectivity index (χ3v) is 1.25. The Morgan fingerprint density at radius 2 is 2.20 bits per heavy atom. The first-order valence-electron chi connectivity index (χ1n) is 3.04. The van der Waals surface area contributed by atoms with Crippen LogP contribution in [-0.2, 0) is 9.47 Å². The maximum Gasteiger partial charge on any atom is 1.00 e. The molecule has 1 saturated heterocycles. The maximum absolute atomic E-state index is 10.2. The molecule has 0 aromatic carbocycles. The molecule has 3 nitrogen and oxygen atoms in total. The van der Waals surface area contributed by atoms with Crippen molar-refractivity contribution in [1.82, 2.24) is 0 Å². The standard InChI is InChI=1S/C6H11O3.Na/c1-6(2)8-4-5(3-7)9-6;/h5H,3-4H2,1-2H3;/q-1;+1. The van der Waals surface area contributed by atoms with Crippen molar-refractivity contribution in [2.75, 3.05) is 13.2 Å². The van der Waals surface area contributed by atoms with E-state index in [1.807, 2.05) is 13.8 Å². The molecule has 0 spiro atoms. The topological polar surface area (TPSA) is 41.5 Å². The minimum Gasteiger partial charge on any atom is -0.853 e. The molecule has 1 aliphatic rings. The fourth-order valence-corrected chi connectivity index (χ4v) is 0.845. The monoisotopic (exact) mass is 154 g/mol. The molecule has 0 aromatic rings. The average Bonchev–Trinajstić information content (AvgIpc) is 2.10. The molecule has 0 bridgehead atoms. The third-order valence-electron chi connectivity index (χ3n) is 1.25. The van der Waals surface area contributed by atoms with E-state index in [4.69, 9.17) is 9.47 Å². The fraction of sp³-hybridized carbons (Fsp3) is 1.00. The van der Waals surface area contributed by atoms with E-state index in [0.717, 1.165) is 0 Å². The molecule has 1 unspecified atom stereocenters. The van der Waals surface area contributed by atoms with Crippen molar-refractivity contribution in [3.05, 3.63) is 0 Å². The summed E-state index contributed by atoms with van der Waals surface area (Å²) in [5.41, 5.74) is 0. The van der Waals surface area contributed by atoms with Crippen molar-refractivity contribution in [3.8, 4) is 0 Å². The molecule has 0 aromatic heterocycles. The summed E-state index contributed by atoms with van der Waals surface area (Å²) in [7, 11) is 0. The zero-order valence-corrected chi connectivity index (χ0v) is 8.72. The van der Waals surface area contributed by atoms with Crippen LogP contribution in [0.3, 0.4) is 0 Å². The molecule has 0 radical (unpaired) electrons. The van der Waals surface area contributed by atoms with Crippen LogP contribution in [0.4, 0.5) is 0 Å². The summed E-state index contributed by atoms with van der Waals surface area (Å²) < 4.78 is 10.3. The Kier molecular flexibility index (Phi) is 4.40. The van der Waals surface area contributed by atoms with E-state index in [9.17, 15) is 5.11 Å². The van der Waals surface area contributed by atoms with Gasteiger partial charge in [-0.3, -0.25) is 0 Å². The maximum atomic E-state index is 10.2. The SMILES string of the molecule is CC1(C)OCC(C[O-])O1.[Na+]. The summed E-state index contributed by atoms with van der Waals surface area (Å²) in [6, 6.07) is 0. The van der Waals surface area contributed by atoms with Gasteiger partial charge in [-0.1, -0.05) is 0 Å². The van der Waals surface area contributed by atoms with Gasteiger partial charge in [-0.2, -0.15) is 0 Å². The Labute approximate surface area is 83.0 Å². The first-order valence-corrected chi connectivity index (χ1v) is 3.04. The van der Waals surface area contributed by atoms with Crippen molar-refractivity contribution in [1.29, 1.82) is 0 Å². The normalized spacial score (nSPS) is 29.7. The van der Waals surface area contributed by atoms with E-state index in [2.05, 4.69) is 0 Å². The van der Waals surface area contributed by atoms with Crippen molar-refractivity contribution in [2.24, 2.45) is 0 Å². The van der Waals surface area contributed by atoms with Gasteiger partial charge in [-0.05, 0) is 13.8 Å². The van der Waals surface area contributed by atoms with Gasteiger partial charge in [0.1, 0.15) is 0 Å². The molecule has 10 heavy (non-hydrogen) atoms. The second-order valence-electron chi connectivity index (χ2n) is 2.62. The Bertz CT molecular complexity index is 105. The first kappa shape index (κ1) is 10.9. The Morgan fingerprint density at radius 1 is 1.60 bits per heavy atom. The number of rotatable bonds is 1. The summed E-state index contributed by atoms with van der Waals surface area (Å²) in [5.74, 6) is -0.533. The molecule has 1 heterocycles. The smallest absolute Gasteiger partial charge is 0.853 e. The van der Waals surface area contributed by atoms with Crippen LogP contribution in [0, 0.1) is 0 Å². The van der Waals surface area contributed by atoms with Crippen LogP contribution in [0.2, 0.25) is 0 Å². The molecule has 0 aliphatic carbocycles. The molecule has 0 saturated carbocycles. The minimum absolute atomic E-state index is 0. The Balaban J connectivity index is 0.000000810. The van der Waals surface area contributed by atoms with Crippen LogP contribution >= 0.6 is 0 Å². The second-order valence-corrected chi connectivity index (χ2v) is 2.62. The van der Waals surface area contributed by atoms with Crippen LogP contribution in [0.5, 0.6) is 0 Å². The zero-order valence-electron chi connectivity index (χ0n) is 6.72. The van der Waals surface area contributed by atoms with Crippen molar-refractivity contribution >= 4 is 0 Å². The molecule has 0 amide bonds. The Morgan fingerprint density at radius 3 is 2.40 bits per heavy atom. The summed E-state index contributed by atoms with van der Waals surface area (Å²) in [6.07, 6.45) is -0.236. The van der Waals surface area contributed by atoms with Crippen LogP contribution in [0.25, 0.3) is 0 Å². The summed E-state index contributed by atoms with van der Waals surface area (Å²) in [5, 5.41) is 10.2. The predicted octanol–water partition coefficient (Wildman–Crippen LogP) is -3.50. The van der Waals surface area contributed by atoms with E-state index in [1.54, 1.807) is 0 Å². The number of hydrogen-bond donors (Lipinski definition) is 0. The van der Waals surface area contributed by atoms with Gasteiger partial charge in [0.25, 0.3) is 0 Å². The average molecular weight is 154 g/mol. The van der Waals surface area contributed by atoms with Crippen LogP contribution < -0.4 is 34.7 Å². The van der Waals surface area contributed by atoms with E-state index in [0.29, 0.717) is 6.61 Å². The number of ether oxygens (including phenoxy) is 2. The quantitative estimate of drug-likeness (QED) is 0.368. The van der Waals surface area contributed by atoms with Gasteiger partial charge in [-0.25, -0.2) is 0 Å². The van der Waals surface area contributed by atoms with Crippen LogP contribution in [0.15, 0.2) is 0 Å². The molecule has 1 atom stereocenters. The Hall–Kier alpha value is 0.880. The van der Waals surface area contributed by atoms with Gasteiger partial charge >= 0.3 is 29.6 Å². The fourth-order valence-electron chi connectivity index (χ4n) is 0.845. The van der Waals surface area contributed by atoms with E-state index in [1.165, 1.54) is 0 Å². The van der Waals surface area contributed by atoms with Crippen molar-refractivity contribution in [3.63, 3.8) is 0 Å². The molecule has 54 valence electrons. The molecule has 0 N–H and O–H groups in total. The molecular formula is C6H11NaO3. The van der Waals surface area contributed by atoms with E-state index < -0.39 is 5.79 Å². The van der Waals surface area contributed by atoms with E-state index >= 15 is 0 Å². The zero-order chi connectivity index (χ0) is 6.91. The van der Waals surface area contributed by atoms with Crippen LogP contribution in [0.1, 0.15) is 13.8 Å². The van der Waals surface area contributed by atoms with E-state index in [-0.39, 0.29) is 42.3 Å². The van der Waals surface area contributed by atoms with Gasteiger partial charge in [-0.15, -0.1) is 6.61 Å². The minimum atomic E-state index is -0.533. The van der Waals surface area contributed by atoms with Gasteiger partial charge in [0.2, 0.25) is 0 Å². The predicted molar refractivity (Wildman–Crippen MR) is 29.8 cm³/mol. The van der Waals surface area contributed by atoms with Crippen molar-refractivity contribution < 1.29 is 44.1 Å². The summed E-state index contributed by atoms with van der Waals surface area (Å²) in [4.78, 5) is 0. The molecule has 1 fully saturated rings. The van der Waals surface area contributed by atoms with Crippen molar-refractivity contribution in [2.45, 2.75) is 25.7 Å². The summed E-state index contributed by atoms with van der Waals surface area (Å²) >= 11 is 0. The third kappa shape index (κ3) is 2.86. The largest absolute Gasteiger partial charge is 1.00 e. The van der Waals surface area contributed by atoms with Gasteiger partial charge in [0, 0.05) is 0 Å². The van der Waals surface area contributed by atoms with Crippen LogP contribution in [-0.4, -0.2) is 25.1 Å². The molecular weight excluding hydrogens is 143 g/mol.